The van der Waals surface area contributed by atoms with Crippen molar-refractivity contribution in [3.63, 3.8) is 0 Å². The summed E-state index contributed by atoms with van der Waals surface area (Å²) in [4.78, 5) is 0.927. The Bertz CT molecular complexity index is 386. The van der Waals surface area contributed by atoms with Gasteiger partial charge in [0.05, 0.1) is 16.0 Å². The standard InChI is InChI=1S/C15H25NOS/c1-6-16-12(4)13(5)18(17)15-9-7-14(8-10-15)11(2)3/h7-13,16H,6H2,1-5H3. The first-order chi connectivity index (χ1) is 8.47. The molecular formula is C15H25NOS. The maximum atomic E-state index is 12.4. The largest absolute Gasteiger partial charge is 0.313 e. The highest BCUT2D eigenvalue weighted by molar-refractivity contribution is 7.85. The number of hydrogen-bond acceptors (Lipinski definition) is 2. The summed E-state index contributed by atoms with van der Waals surface area (Å²) in [7, 11) is -0.944. The van der Waals surface area contributed by atoms with E-state index in [0.717, 1.165) is 11.4 Å². The van der Waals surface area contributed by atoms with Crippen molar-refractivity contribution < 1.29 is 4.21 Å². The molecular weight excluding hydrogens is 242 g/mol. The summed E-state index contributed by atoms with van der Waals surface area (Å²) in [5.41, 5.74) is 1.29. The fourth-order valence-electron chi connectivity index (χ4n) is 1.87. The van der Waals surface area contributed by atoms with Gasteiger partial charge >= 0.3 is 0 Å². The van der Waals surface area contributed by atoms with Crippen LogP contribution in [0.1, 0.15) is 46.1 Å². The molecule has 3 atom stereocenters. The van der Waals surface area contributed by atoms with Crippen LogP contribution in [0.5, 0.6) is 0 Å². The van der Waals surface area contributed by atoms with Gasteiger partial charge in [0, 0.05) is 10.9 Å². The average molecular weight is 267 g/mol. The molecule has 0 aromatic heterocycles. The van der Waals surface area contributed by atoms with Crippen molar-refractivity contribution in [3.8, 4) is 0 Å². The molecule has 0 radical (unpaired) electrons. The van der Waals surface area contributed by atoms with Crippen LogP contribution in [0.4, 0.5) is 0 Å². The second-order valence-electron chi connectivity index (χ2n) is 5.07. The van der Waals surface area contributed by atoms with E-state index in [2.05, 4.69) is 45.1 Å². The minimum absolute atomic E-state index is 0.120. The van der Waals surface area contributed by atoms with E-state index in [1.54, 1.807) is 0 Å². The molecule has 1 aromatic rings. The fourth-order valence-corrected chi connectivity index (χ4v) is 3.18. The summed E-state index contributed by atoms with van der Waals surface area (Å²) in [6.07, 6.45) is 0. The predicted molar refractivity (Wildman–Crippen MR) is 79.5 cm³/mol. The zero-order chi connectivity index (χ0) is 13.7. The van der Waals surface area contributed by atoms with Crippen molar-refractivity contribution in [2.45, 2.75) is 56.7 Å². The third kappa shape index (κ3) is 3.92. The van der Waals surface area contributed by atoms with Crippen LogP contribution in [-0.4, -0.2) is 22.0 Å². The van der Waals surface area contributed by atoms with Gasteiger partial charge in [-0.1, -0.05) is 32.9 Å². The summed E-state index contributed by atoms with van der Waals surface area (Å²) in [6.45, 7) is 11.5. The number of benzene rings is 1. The van der Waals surface area contributed by atoms with E-state index in [0.29, 0.717) is 5.92 Å². The van der Waals surface area contributed by atoms with E-state index in [-0.39, 0.29) is 11.3 Å². The molecule has 18 heavy (non-hydrogen) atoms. The third-order valence-corrected chi connectivity index (χ3v) is 5.17. The SMILES string of the molecule is CCNC(C)C(C)S(=O)c1ccc(C(C)C)cc1. The maximum absolute atomic E-state index is 12.4. The first kappa shape index (κ1) is 15.4. The van der Waals surface area contributed by atoms with Gasteiger partial charge in [-0.2, -0.15) is 0 Å². The van der Waals surface area contributed by atoms with Crippen LogP contribution in [0, 0.1) is 0 Å². The number of hydrogen-bond donors (Lipinski definition) is 1. The zero-order valence-corrected chi connectivity index (χ0v) is 12.9. The molecule has 1 rings (SSSR count). The molecule has 3 heteroatoms. The first-order valence-electron chi connectivity index (χ1n) is 6.71. The van der Waals surface area contributed by atoms with Gasteiger partial charge in [0.1, 0.15) is 0 Å². The van der Waals surface area contributed by atoms with Crippen molar-refractivity contribution in [2.24, 2.45) is 0 Å². The van der Waals surface area contributed by atoms with Crippen LogP contribution >= 0.6 is 0 Å². The monoisotopic (exact) mass is 267 g/mol. The average Bonchev–Trinajstić information content (AvgIpc) is 2.37. The lowest BCUT2D eigenvalue weighted by Crippen LogP contribution is -2.37. The molecule has 0 bridgehead atoms. The van der Waals surface area contributed by atoms with Crippen molar-refractivity contribution in [1.82, 2.24) is 5.32 Å². The number of rotatable bonds is 6. The van der Waals surface area contributed by atoms with Gasteiger partial charge in [-0.15, -0.1) is 0 Å². The minimum Gasteiger partial charge on any atom is -0.313 e. The Balaban J connectivity index is 2.77. The van der Waals surface area contributed by atoms with Crippen LogP contribution in [0.15, 0.2) is 29.2 Å². The molecule has 3 unspecified atom stereocenters. The Morgan fingerprint density at radius 1 is 1.11 bits per heavy atom. The lowest BCUT2D eigenvalue weighted by Gasteiger charge is -2.20. The van der Waals surface area contributed by atoms with Gasteiger partial charge in [-0.3, -0.25) is 4.21 Å². The third-order valence-electron chi connectivity index (χ3n) is 3.35. The van der Waals surface area contributed by atoms with Crippen molar-refractivity contribution in [2.75, 3.05) is 6.54 Å². The normalized spacial score (nSPS) is 16.6. The highest BCUT2D eigenvalue weighted by atomic mass is 32.2. The van der Waals surface area contributed by atoms with Crippen LogP contribution in [0.2, 0.25) is 0 Å². The maximum Gasteiger partial charge on any atom is 0.0573 e. The molecule has 0 aliphatic heterocycles. The number of nitrogens with one attached hydrogen (secondary N) is 1. The zero-order valence-electron chi connectivity index (χ0n) is 12.1. The van der Waals surface area contributed by atoms with Gasteiger partial charge in [0.25, 0.3) is 0 Å². The molecule has 2 nitrogen and oxygen atoms in total. The van der Waals surface area contributed by atoms with E-state index < -0.39 is 10.8 Å². The summed E-state index contributed by atoms with van der Waals surface area (Å²) >= 11 is 0. The van der Waals surface area contributed by atoms with Gasteiger partial charge in [-0.25, -0.2) is 0 Å². The van der Waals surface area contributed by atoms with E-state index in [4.69, 9.17) is 0 Å². The topological polar surface area (TPSA) is 29.1 Å². The van der Waals surface area contributed by atoms with Crippen molar-refractivity contribution in [1.29, 1.82) is 0 Å². The van der Waals surface area contributed by atoms with E-state index in [1.807, 2.05) is 19.1 Å². The fraction of sp³-hybridized carbons (Fsp3) is 0.600. The summed E-state index contributed by atoms with van der Waals surface area (Å²) in [5, 5.41) is 3.45. The Morgan fingerprint density at radius 3 is 2.11 bits per heavy atom. The quantitative estimate of drug-likeness (QED) is 0.857. The molecule has 0 aliphatic rings. The molecule has 0 spiro atoms. The molecule has 0 aliphatic carbocycles. The lowest BCUT2D eigenvalue weighted by molar-refractivity contribution is 0.550. The smallest absolute Gasteiger partial charge is 0.0573 e. The molecule has 1 N–H and O–H groups in total. The Hall–Kier alpha value is -0.670. The molecule has 1 aromatic carbocycles. The van der Waals surface area contributed by atoms with Crippen molar-refractivity contribution >= 4 is 10.8 Å². The highest BCUT2D eigenvalue weighted by Gasteiger charge is 2.19. The van der Waals surface area contributed by atoms with E-state index in [9.17, 15) is 4.21 Å². The molecule has 0 saturated carbocycles. The van der Waals surface area contributed by atoms with Crippen LogP contribution in [-0.2, 0) is 10.8 Å². The predicted octanol–water partition coefficient (Wildman–Crippen LogP) is 3.30. The molecule has 102 valence electrons. The Kier molecular flexibility index (Phi) is 6.03. The molecule has 0 amide bonds. The summed E-state index contributed by atoms with van der Waals surface area (Å²) < 4.78 is 12.4. The van der Waals surface area contributed by atoms with Gasteiger partial charge < -0.3 is 5.32 Å². The summed E-state index contributed by atoms with van der Waals surface area (Å²) in [6, 6.07) is 8.44. The lowest BCUT2D eigenvalue weighted by atomic mass is 10.0. The summed E-state index contributed by atoms with van der Waals surface area (Å²) in [5.74, 6) is 0.519. The van der Waals surface area contributed by atoms with E-state index >= 15 is 0 Å². The minimum atomic E-state index is -0.944. The van der Waals surface area contributed by atoms with Gasteiger partial charge in [0.2, 0.25) is 0 Å². The Labute approximate surface area is 114 Å². The van der Waals surface area contributed by atoms with E-state index in [1.165, 1.54) is 5.56 Å². The highest BCUT2D eigenvalue weighted by Crippen LogP contribution is 2.19. The molecule has 0 saturated heterocycles. The second kappa shape index (κ2) is 7.05. The second-order valence-corrected chi connectivity index (χ2v) is 6.88. The van der Waals surface area contributed by atoms with Gasteiger partial charge in [0.15, 0.2) is 0 Å². The van der Waals surface area contributed by atoms with Crippen LogP contribution in [0.3, 0.4) is 0 Å². The Morgan fingerprint density at radius 2 is 1.67 bits per heavy atom. The van der Waals surface area contributed by atoms with Gasteiger partial charge in [-0.05, 0) is 44.0 Å². The van der Waals surface area contributed by atoms with Crippen molar-refractivity contribution in [3.05, 3.63) is 29.8 Å². The van der Waals surface area contributed by atoms with Crippen LogP contribution < -0.4 is 5.32 Å². The first-order valence-corrected chi connectivity index (χ1v) is 7.92. The van der Waals surface area contributed by atoms with Crippen LogP contribution in [0.25, 0.3) is 0 Å². The molecule has 0 heterocycles. The molecule has 0 fully saturated rings.